The molecule has 0 unspecified atom stereocenters. The molecule has 0 bridgehead atoms. The molecule has 0 saturated heterocycles. The zero-order valence-corrected chi connectivity index (χ0v) is 19.8. The van der Waals surface area contributed by atoms with E-state index in [0.29, 0.717) is 61.1 Å². The van der Waals surface area contributed by atoms with Gasteiger partial charge in [0.2, 0.25) is 11.6 Å². The summed E-state index contributed by atoms with van der Waals surface area (Å²) in [6, 6.07) is 11.9. The van der Waals surface area contributed by atoms with Gasteiger partial charge >= 0.3 is 0 Å². The Kier molecular flexibility index (Phi) is 6.35. The third kappa shape index (κ3) is 4.42. The molecule has 0 fully saturated rings. The molecule has 170 valence electrons. The predicted molar refractivity (Wildman–Crippen MR) is 128 cm³/mol. The Bertz CT molecular complexity index is 1340. The van der Waals surface area contributed by atoms with E-state index in [-0.39, 0.29) is 5.91 Å². The smallest absolute Gasteiger partial charge is 0.255 e. The zero-order valence-electron chi connectivity index (χ0n) is 18.3. The van der Waals surface area contributed by atoms with E-state index in [1.54, 1.807) is 30.3 Å². The fraction of sp³-hybridized carbons (Fsp3) is 0.167. The normalized spacial score (nSPS) is 10.8. The lowest BCUT2D eigenvalue weighted by Crippen LogP contribution is -2.13. The maximum Gasteiger partial charge on any atom is 0.255 e. The number of ether oxygens (including phenoxy) is 3. The number of benzene rings is 3. The lowest BCUT2D eigenvalue weighted by Gasteiger charge is -2.15. The maximum atomic E-state index is 13.0. The molecule has 4 aromatic rings. The van der Waals surface area contributed by atoms with E-state index < -0.39 is 0 Å². The number of aryl methyl sites for hydroxylation is 1. The fourth-order valence-corrected chi connectivity index (χ4v) is 3.90. The van der Waals surface area contributed by atoms with Gasteiger partial charge in [-0.25, -0.2) is 4.98 Å². The Morgan fingerprint density at radius 3 is 2.30 bits per heavy atom. The summed E-state index contributed by atoms with van der Waals surface area (Å²) in [5.41, 5.74) is 3.46. The number of carbonyl (C=O) groups excluding carboxylic acids is 1. The number of anilines is 1. The quantitative estimate of drug-likeness (QED) is 0.340. The second kappa shape index (κ2) is 9.21. The van der Waals surface area contributed by atoms with Crippen molar-refractivity contribution in [3.8, 4) is 28.7 Å². The number of hydrogen-bond donors (Lipinski definition) is 1. The highest BCUT2D eigenvalue weighted by Crippen LogP contribution is 2.38. The van der Waals surface area contributed by atoms with Crippen LogP contribution >= 0.6 is 23.2 Å². The Labute approximate surface area is 200 Å². The number of fused-ring (bicyclic) bond motifs is 1. The van der Waals surface area contributed by atoms with Crippen LogP contribution in [0.2, 0.25) is 10.0 Å². The first-order valence-electron chi connectivity index (χ1n) is 9.82. The van der Waals surface area contributed by atoms with Crippen molar-refractivity contribution in [3.63, 3.8) is 0 Å². The van der Waals surface area contributed by atoms with E-state index in [1.807, 2.05) is 19.1 Å². The van der Waals surface area contributed by atoms with E-state index in [9.17, 15) is 4.79 Å². The summed E-state index contributed by atoms with van der Waals surface area (Å²) in [5.74, 6) is 1.19. The van der Waals surface area contributed by atoms with Crippen molar-refractivity contribution in [2.45, 2.75) is 6.92 Å². The molecule has 0 spiro atoms. The second-order valence-corrected chi connectivity index (χ2v) is 8.00. The van der Waals surface area contributed by atoms with Crippen LogP contribution in [0.15, 0.2) is 46.9 Å². The zero-order chi connectivity index (χ0) is 23.7. The molecule has 0 aliphatic rings. The van der Waals surface area contributed by atoms with Crippen LogP contribution in [0.4, 0.5) is 5.69 Å². The topological polar surface area (TPSA) is 82.8 Å². The average Bonchev–Trinajstić information content (AvgIpc) is 3.23. The molecule has 4 rings (SSSR count). The molecule has 0 saturated carbocycles. The van der Waals surface area contributed by atoms with Crippen molar-refractivity contribution < 1.29 is 23.4 Å². The van der Waals surface area contributed by atoms with Gasteiger partial charge in [-0.15, -0.1) is 0 Å². The number of nitrogens with zero attached hydrogens (tertiary/aromatic N) is 1. The molecule has 33 heavy (non-hydrogen) atoms. The average molecular weight is 487 g/mol. The molecular formula is C24H20Cl2N2O5. The number of carbonyl (C=O) groups is 1. The Hall–Kier alpha value is -3.42. The second-order valence-electron chi connectivity index (χ2n) is 7.15. The highest BCUT2D eigenvalue weighted by Gasteiger charge is 2.19. The van der Waals surface area contributed by atoms with Gasteiger partial charge in [0.1, 0.15) is 5.52 Å². The minimum absolute atomic E-state index is 0.345. The molecule has 1 heterocycles. The van der Waals surface area contributed by atoms with Gasteiger partial charge in [-0.3, -0.25) is 4.79 Å². The minimum atomic E-state index is -0.345. The molecule has 1 amide bonds. The molecule has 0 atom stereocenters. The Morgan fingerprint density at radius 2 is 1.67 bits per heavy atom. The molecule has 1 aromatic heterocycles. The van der Waals surface area contributed by atoms with Crippen molar-refractivity contribution >= 4 is 45.9 Å². The van der Waals surface area contributed by atoms with Crippen molar-refractivity contribution in [1.82, 2.24) is 4.98 Å². The van der Waals surface area contributed by atoms with Crippen molar-refractivity contribution in [2.24, 2.45) is 0 Å². The molecule has 0 radical (unpaired) electrons. The van der Waals surface area contributed by atoms with Gasteiger partial charge in [-0.05, 0) is 48.9 Å². The van der Waals surface area contributed by atoms with Crippen molar-refractivity contribution in [3.05, 3.63) is 63.6 Å². The highest BCUT2D eigenvalue weighted by atomic mass is 35.5. The van der Waals surface area contributed by atoms with Gasteiger partial charge in [0.25, 0.3) is 5.91 Å². The number of nitrogens with one attached hydrogen (secondary N) is 1. The highest BCUT2D eigenvalue weighted by molar-refractivity contribution is 6.38. The van der Waals surface area contributed by atoms with E-state index in [0.717, 1.165) is 5.56 Å². The van der Waals surface area contributed by atoms with Crippen LogP contribution in [-0.4, -0.2) is 32.2 Å². The van der Waals surface area contributed by atoms with Crippen LogP contribution in [0.25, 0.3) is 22.6 Å². The summed E-state index contributed by atoms with van der Waals surface area (Å²) >= 11 is 12.3. The van der Waals surface area contributed by atoms with Gasteiger partial charge in [0.15, 0.2) is 17.1 Å². The van der Waals surface area contributed by atoms with E-state index >= 15 is 0 Å². The largest absolute Gasteiger partial charge is 0.493 e. The predicted octanol–water partition coefficient (Wildman–Crippen LogP) is 6.39. The Balaban J connectivity index is 1.68. The monoisotopic (exact) mass is 486 g/mol. The summed E-state index contributed by atoms with van der Waals surface area (Å²) in [5, 5.41) is 3.77. The van der Waals surface area contributed by atoms with Gasteiger partial charge in [0, 0.05) is 21.8 Å². The number of hydrogen-bond acceptors (Lipinski definition) is 6. The third-order valence-electron chi connectivity index (χ3n) is 5.07. The van der Waals surface area contributed by atoms with Crippen LogP contribution in [0.1, 0.15) is 15.9 Å². The molecular weight excluding hydrogens is 467 g/mol. The SMILES string of the molecule is COc1cc(C(=O)Nc2cc(-c3nc4cc(Cl)cc(Cl)c4o3)ccc2C)cc(OC)c1OC. The van der Waals surface area contributed by atoms with Gasteiger partial charge in [-0.2, -0.15) is 0 Å². The summed E-state index contributed by atoms with van der Waals surface area (Å²) in [6.45, 7) is 1.89. The maximum absolute atomic E-state index is 13.0. The van der Waals surface area contributed by atoms with Crippen molar-refractivity contribution in [2.75, 3.05) is 26.6 Å². The van der Waals surface area contributed by atoms with Crippen LogP contribution < -0.4 is 19.5 Å². The van der Waals surface area contributed by atoms with Crippen LogP contribution in [0.5, 0.6) is 17.2 Å². The first-order chi connectivity index (χ1) is 15.8. The van der Waals surface area contributed by atoms with E-state index in [1.165, 1.54) is 21.3 Å². The van der Waals surface area contributed by atoms with Gasteiger partial charge in [-0.1, -0.05) is 29.3 Å². The Morgan fingerprint density at radius 1 is 0.970 bits per heavy atom. The lowest BCUT2D eigenvalue weighted by atomic mass is 10.1. The standard InChI is InChI=1S/C24H20Cl2N2O5/c1-12-5-6-13(24-28-18-11-15(25)10-16(26)21(18)33-24)7-17(12)27-23(29)14-8-19(30-2)22(32-4)20(9-14)31-3/h5-11H,1-4H3,(H,27,29). The summed E-state index contributed by atoms with van der Waals surface area (Å²) in [7, 11) is 4.49. The number of aromatic nitrogens is 1. The van der Waals surface area contributed by atoms with Crippen molar-refractivity contribution in [1.29, 1.82) is 0 Å². The molecule has 3 aromatic carbocycles. The van der Waals surface area contributed by atoms with E-state index in [2.05, 4.69) is 10.3 Å². The summed E-state index contributed by atoms with van der Waals surface area (Å²) in [4.78, 5) is 17.5. The number of amides is 1. The van der Waals surface area contributed by atoms with Gasteiger partial charge in [0.05, 0.1) is 26.4 Å². The first-order valence-corrected chi connectivity index (χ1v) is 10.6. The molecule has 9 heteroatoms. The molecule has 1 N–H and O–H groups in total. The lowest BCUT2D eigenvalue weighted by molar-refractivity contribution is 0.102. The molecule has 0 aliphatic carbocycles. The third-order valence-corrected chi connectivity index (χ3v) is 5.57. The number of halogens is 2. The number of oxazole rings is 1. The molecule has 0 aliphatic heterocycles. The molecule has 7 nitrogen and oxygen atoms in total. The summed E-state index contributed by atoms with van der Waals surface area (Å²) < 4.78 is 21.9. The first kappa shape index (κ1) is 22.8. The fourth-order valence-electron chi connectivity index (χ4n) is 3.38. The van der Waals surface area contributed by atoms with Crippen LogP contribution in [0, 0.1) is 6.92 Å². The number of methoxy groups -OCH3 is 3. The number of rotatable bonds is 6. The summed E-state index contributed by atoms with van der Waals surface area (Å²) in [6.07, 6.45) is 0. The van der Waals surface area contributed by atoms with Crippen LogP contribution in [-0.2, 0) is 0 Å². The van der Waals surface area contributed by atoms with Gasteiger partial charge < -0.3 is 23.9 Å². The minimum Gasteiger partial charge on any atom is -0.493 e. The van der Waals surface area contributed by atoms with E-state index in [4.69, 9.17) is 41.8 Å². The van der Waals surface area contributed by atoms with Crippen LogP contribution in [0.3, 0.4) is 0 Å².